The van der Waals surface area contributed by atoms with Gasteiger partial charge in [0.15, 0.2) is 0 Å². The largest absolute Gasteiger partial charge is 0.469 e. The quantitative estimate of drug-likeness (QED) is 0.624. The van der Waals surface area contributed by atoms with E-state index in [1.807, 2.05) is 18.2 Å². The number of aromatic amines is 1. The van der Waals surface area contributed by atoms with Crippen LogP contribution in [0, 0.1) is 5.92 Å². The zero-order valence-electron chi connectivity index (χ0n) is 15.5. The molecule has 7 nitrogen and oxygen atoms in total. The summed E-state index contributed by atoms with van der Waals surface area (Å²) in [5.74, 6) is -0.426. The third-order valence-corrected chi connectivity index (χ3v) is 5.25. The molecule has 1 aromatic heterocycles. The number of piperidine rings is 1. The van der Waals surface area contributed by atoms with Crippen LogP contribution in [0.4, 0.5) is 0 Å². The summed E-state index contributed by atoms with van der Waals surface area (Å²) in [6.45, 7) is 0. The standard InChI is InChI=1S/C12H11N3O2.C8H14O2/c16-11-4-2-9(12(17)14-11)7-1-3-10-8(5-7)6-13-15-10;1-10-8(9)7-5-3-2-4-6-7/h1,3,5-6,9H,2,4H2,(H,13,15)(H,14,16,17);7H,2-6H2,1H3. The van der Waals surface area contributed by atoms with Gasteiger partial charge in [-0.1, -0.05) is 25.3 Å². The van der Waals surface area contributed by atoms with Crippen LogP contribution < -0.4 is 5.32 Å². The van der Waals surface area contributed by atoms with E-state index in [2.05, 4.69) is 20.3 Å². The predicted octanol–water partition coefficient (Wildman–Crippen LogP) is 2.82. The Hall–Kier alpha value is -2.70. The molecule has 2 N–H and O–H groups in total. The number of esters is 1. The van der Waals surface area contributed by atoms with Crippen LogP contribution in [0.1, 0.15) is 56.4 Å². The number of amides is 2. The highest BCUT2D eigenvalue weighted by molar-refractivity contribution is 6.01. The number of hydrogen-bond acceptors (Lipinski definition) is 5. The third kappa shape index (κ3) is 4.72. The summed E-state index contributed by atoms with van der Waals surface area (Å²) < 4.78 is 4.65. The normalized spacial score (nSPS) is 20.6. The molecule has 1 saturated heterocycles. The zero-order valence-corrected chi connectivity index (χ0v) is 15.5. The number of nitrogens with zero attached hydrogens (tertiary/aromatic N) is 1. The van der Waals surface area contributed by atoms with Crippen LogP contribution in [0.3, 0.4) is 0 Å². The summed E-state index contributed by atoms with van der Waals surface area (Å²) >= 11 is 0. The minimum atomic E-state index is -0.230. The molecular weight excluding hydrogens is 346 g/mol. The van der Waals surface area contributed by atoms with Crippen molar-refractivity contribution in [3.8, 4) is 0 Å². The molecule has 2 aromatic rings. The van der Waals surface area contributed by atoms with Gasteiger partial charge in [-0.3, -0.25) is 24.8 Å². The molecule has 1 aromatic carbocycles. The van der Waals surface area contributed by atoms with E-state index in [0.717, 1.165) is 29.3 Å². The number of H-pyrrole nitrogens is 1. The number of imide groups is 1. The lowest BCUT2D eigenvalue weighted by molar-refractivity contribution is -0.146. The van der Waals surface area contributed by atoms with Crippen LogP contribution in [0.2, 0.25) is 0 Å². The first-order valence-corrected chi connectivity index (χ1v) is 9.43. The third-order valence-electron chi connectivity index (χ3n) is 5.25. The topological polar surface area (TPSA) is 101 Å². The number of nitrogens with one attached hydrogen (secondary N) is 2. The van der Waals surface area contributed by atoms with Gasteiger partial charge in [0, 0.05) is 11.8 Å². The van der Waals surface area contributed by atoms with Crippen molar-refractivity contribution < 1.29 is 19.1 Å². The van der Waals surface area contributed by atoms with Crippen molar-refractivity contribution in [2.75, 3.05) is 7.11 Å². The van der Waals surface area contributed by atoms with Crippen LogP contribution in [0.15, 0.2) is 24.4 Å². The maximum Gasteiger partial charge on any atom is 0.308 e. The van der Waals surface area contributed by atoms with E-state index in [9.17, 15) is 14.4 Å². The molecule has 1 aliphatic carbocycles. The summed E-state index contributed by atoms with van der Waals surface area (Å²) in [6.07, 6.45) is 8.45. The fourth-order valence-corrected chi connectivity index (χ4v) is 3.69. The molecule has 1 saturated carbocycles. The van der Waals surface area contributed by atoms with Gasteiger partial charge in [-0.2, -0.15) is 5.10 Å². The van der Waals surface area contributed by atoms with Crippen molar-refractivity contribution in [3.05, 3.63) is 30.0 Å². The van der Waals surface area contributed by atoms with Crippen LogP contribution in [0.5, 0.6) is 0 Å². The van der Waals surface area contributed by atoms with E-state index in [0.29, 0.717) is 12.8 Å². The van der Waals surface area contributed by atoms with Gasteiger partial charge in [0.25, 0.3) is 0 Å². The molecule has 1 atom stereocenters. The lowest BCUT2D eigenvalue weighted by Crippen LogP contribution is -2.39. The van der Waals surface area contributed by atoms with E-state index in [1.54, 1.807) is 6.20 Å². The Morgan fingerprint density at radius 3 is 2.63 bits per heavy atom. The second kappa shape index (κ2) is 8.79. The molecule has 27 heavy (non-hydrogen) atoms. The molecule has 7 heteroatoms. The molecule has 1 unspecified atom stereocenters. The van der Waals surface area contributed by atoms with E-state index >= 15 is 0 Å². The first-order chi connectivity index (χ1) is 13.1. The fraction of sp³-hybridized carbons (Fsp3) is 0.500. The molecular formula is C20H25N3O4. The molecule has 4 rings (SSSR count). The van der Waals surface area contributed by atoms with Gasteiger partial charge >= 0.3 is 5.97 Å². The van der Waals surface area contributed by atoms with Crippen LogP contribution >= 0.6 is 0 Å². The van der Waals surface area contributed by atoms with Crippen LogP contribution in [0.25, 0.3) is 10.9 Å². The first kappa shape index (κ1) is 19.1. The summed E-state index contributed by atoms with van der Waals surface area (Å²) in [6, 6.07) is 5.75. The minimum Gasteiger partial charge on any atom is -0.469 e. The summed E-state index contributed by atoms with van der Waals surface area (Å²) in [4.78, 5) is 33.7. The highest BCUT2D eigenvalue weighted by Gasteiger charge is 2.28. The van der Waals surface area contributed by atoms with Crippen molar-refractivity contribution in [2.24, 2.45) is 5.92 Å². The highest BCUT2D eigenvalue weighted by Crippen LogP contribution is 2.27. The highest BCUT2D eigenvalue weighted by atomic mass is 16.5. The molecule has 2 heterocycles. The molecule has 0 bridgehead atoms. The smallest absolute Gasteiger partial charge is 0.308 e. The number of ether oxygens (including phenoxy) is 1. The Labute approximate surface area is 157 Å². The van der Waals surface area contributed by atoms with E-state index in [1.165, 1.54) is 26.4 Å². The fourth-order valence-electron chi connectivity index (χ4n) is 3.69. The average molecular weight is 371 g/mol. The number of carbonyl (C=O) groups is 3. The number of carbonyl (C=O) groups excluding carboxylic acids is 3. The Morgan fingerprint density at radius 1 is 1.15 bits per heavy atom. The summed E-state index contributed by atoms with van der Waals surface area (Å²) in [5, 5.41) is 10.1. The maximum atomic E-state index is 11.7. The average Bonchev–Trinajstić information content (AvgIpc) is 3.16. The van der Waals surface area contributed by atoms with Crippen molar-refractivity contribution >= 4 is 28.7 Å². The molecule has 2 fully saturated rings. The number of aromatic nitrogens is 2. The Kier molecular flexibility index (Phi) is 6.21. The maximum absolute atomic E-state index is 11.7. The SMILES string of the molecule is COC(=O)C1CCCCC1.O=C1CCC(c2ccc3[nH]ncc3c2)C(=O)N1. The van der Waals surface area contributed by atoms with Gasteiger partial charge in [-0.25, -0.2) is 0 Å². The van der Waals surface area contributed by atoms with Crippen molar-refractivity contribution in [2.45, 2.75) is 50.9 Å². The van der Waals surface area contributed by atoms with Crippen molar-refractivity contribution in [1.29, 1.82) is 0 Å². The Bertz CT molecular complexity index is 823. The Balaban J connectivity index is 0.000000180. The van der Waals surface area contributed by atoms with E-state index in [-0.39, 0.29) is 29.6 Å². The second-order valence-corrected chi connectivity index (χ2v) is 7.08. The molecule has 1 aliphatic heterocycles. The first-order valence-electron chi connectivity index (χ1n) is 9.43. The molecule has 0 radical (unpaired) electrons. The van der Waals surface area contributed by atoms with Crippen LogP contribution in [-0.4, -0.2) is 35.1 Å². The second-order valence-electron chi connectivity index (χ2n) is 7.08. The van der Waals surface area contributed by atoms with Gasteiger partial charge in [0.05, 0.1) is 30.7 Å². The zero-order chi connectivity index (χ0) is 19.2. The molecule has 144 valence electrons. The molecule has 2 amide bonds. The van der Waals surface area contributed by atoms with Crippen LogP contribution in [-0.2, 0) is 19.1 Å². The minimum absolute atomic E-state index is 0.0142. The molecule has 0 spiro atoms. The van der Waals surface area contributed by atoms with Gasteiger partial charge in [-0.05, 0) is 37.0 Å². The Morgan fingerprint density at radius 2 is 1.93 bits per heavy atom. The summed E-state index contributed by atoms with van der Waals surface area (Å²) in [7, 11) is 1.47. The van der Waals surface area contributed by atoms with Gasteiger partial charge in [-0.15, -0.1) is 0 Å². The van der Waals surface area contributed by atoms with Crippen molar-refractivity contribution in [3.63, 3.8) is 0 Å². The van der Waals surface area contributed by atoms with Crippen molar-refractivity contribution in [1.82, 2.24) is 15.5 Å². The lowest BCUT2D eigenvalue weighted by atomic mass is 9.89. The monoisotopic (exact) mass is 371 g/mol. The van der Waals surface area contributed by atoms with E-state index < -0.39 is 0 Å². The van der Waals surface area contributed by atoms with Gasteiger partial charge in [0.2, 0.25) is 11.8 Å². The number of rotatable bonds is 2. The number of benzene rings is 1. The summed E-state index contributed by atoms with van der Waals surface area (Å²) in [5.41, 5.74) is 1.88. The molecule has 2 aliphatic rings. The number of methoxy groups -OCH3 is 1. The predicted molar refractivity (Wildman–Crippen MR) is 99.8 cm³/mol. The van der Waals surface area contributed by atoms with Gasteiger partial charge in [0.1, 0.15) is 0 Å². The number of hydrogen-bond donors (Lipinski definition) is 2. The van der Waals surface area contributed by atoms with E-state index in [4.69, 9.17) is 0 Å². The number of fused-ring (bicyclic) bond motifs is 1. The van der Waals surface area contributed by atoms with Gasteiger partial charge < -0.3 is 4.74 Å². The lowest BCUT2D eigenvalue weighted by Gasteiger charge is -2.20.